The van der Waals surface area contributed by atoms with E-state index in [1.165, 1.54) is 24.1 Å². The molecule has 4 aromatic rings. The summed E-state index contributed by atoms with van der Waals surface area (Å²) in [6.45, 7) is 6.24. The lowest BCUT2D eigenvalue weighted by molar-refractivity contribution is 0.0321. The van der Waals surface area contributed by atoms with Crippen molar-refractivity contribution in [3.63, 3.8) is 0 Å². The molecular formula is C36H43N9O3S. The van der Waals surface area contributed by atoms with E-state index in [9.17, 15) is 10.4 Å². The van der Waals surface area contributed by atoms with Crippen molar-refractivity contribution < 1.29 is 14.4 Å². The summed E-state index contributed by atoms with van der Waals surface area (Å²) < 4.78 is 15.0. The lowest BCUT2D eigenvalue weighted by atomic mass is 9.63. The number of nitrogens with zero attached hydrogens (tertiary/aromatic N) is 8. The number of nitriles is 1. The molecule has 13 heteroatoms. The quantitative estimate of drug-likeness (QED) is 0.291. The first-order valence-corrected chi connectivity index (χ1v) is 19.1. The third kappa shape index (κ3) is 4.26. The van der Waals surface area contributed by atoms with Gasteiger partial charge in [-0.3, -0.25) is 4.90 Å². The highest BCUT2D eigenvalue weighted by atomic mass is 32.1. The van der Waals surface area contributed by atoms with Crippen LogP contribution >= 0.6 is 11.3 Å². The number of nitrogens with two attached hydrogens (primary N) is 1. The van der Waals surface area contributed by atoms with Gasteiger partial charge in [-0.1, -0.05) is 5.16 Å². The highest BCUT2D eigenvalue weighted by Gasteiger charge is 2.49. The standard InChI is InChI=1S/C36H43N9O3S/c1-19(24-10-9-20-6-5-15-43(20)24)45-33-26-32(44-18-35(2,46)14-11-21(44)17-47-34(26)41-45)39-31(40-33)28-22-7-3-12-36(29(22)48-42-28)13-4-8-25-27(36)23(16-37)30(38)49-25/h19-21,24,46H,3-15,17-18,38H2,1-2H3/t19-,20-,21+,24-,35+,36-/m0/s1. The number of ether oxygens (including phenoxy) is 1. The number of aliphatic hydroxyl groups is 1. The van der Waals surface area contributed by atoms with Crippen LogP contribution < -0.4 is 15.4 Å². The van der Waals surface area contributed by atoms with Crippen LogP contribution in [0.15, 0.2) is 4.52 Å². The molecule has 0 bridgehead atoms. The Labute approximate surface area is 289 Å². The lowest BCUT2D eigenvalue weighted by Gasteiger charge is -2.42. The number of aromatic nitrogens is 5. The second-order valence-corrected chi connectivity index (χ2v) is 16.9. The number of fused-ring (bicyclic) bond motifs is 7. The van der Waals surface area contributed by atoms with Crippen molar-refractivity contribution in [3.05, 3.63) is 27.3 Å². The highest BCUT2D eigenvalue weighted by Crippen LogP contribution is 2.55. The largest absolute Gasteiger partial charge is 0.474 e. The number of thiophene rings is 1. The lowest BCUT2D eigenvalue weighted by Crippen LogP contribution is -2.53. The molecule has 6 atom stereocenters. The minimum atomic E-state index is -0.852. The maximum absolute atomic E-state index is 11.3. The van der Waals surface area contributed by atoms with Crippen molar-refractivity contribution in [3.8, 4) is 23.5 Å². The molecule has 3 N–H and O–H groups in total. The summed E-state index contributed by atoms with van der Waals surface area (Å²) >= 11 is 1.55. The summed E-state index contributed by atoms with van der Waals surface area (Å²) in [7, 11) is 0. The normalized spacial score (nSPS) is 31.1. The Kier molecular flexibility index (Phi) is 6.54. The Hall–Kier alpha value is -3.73. The average Bonchev–Trinajstić information content (AvgIpc) is 3.90. The molecule has 10 rings (SSSR count). The molecule has 0 radical (unpaired) electrons. The summed E-state index contributed by atoms with van der Waals surface area (Å²) in [4.78, 5) is 16.7. The number of rotatable bonds is 3. The van der Waals surface area contributed by atoms with Crippen molar-refractivity contribution in [2.75, 3.05) is 30.3 Å². The Morgan fingerprint density at radius 1 is 1.08 bits per heavy atom. The number of piperidine rings is 1. The smallest absolute Gasteiger partial charge is 0.246 e. The minimum absolute atomic E-state index is 0.0649. The number of anilines is 2. The summed E-state index contributed by atoms with van der Waals surface area (Å²) in [6, 6.07) is 3.62. The van der Waals surface area contributed by atoms with Crippen LogP contribution in [0.2, 0.25) is 0 Å². The first-order chi connectivity index (χ1) is 23.8. The molecule has 6 aliphatic rings. The Morgan fingerprint density at radius 2 is 1.94 bits per heavy atom. The van der Waals surface area contributed by atoms with Crippen molar-refractivity contribution in [1.82, 2.24) is 29.8 Å². The summed E-state index contributed by atoms with van der Waals surface area (Å²) in [5, 5.41) is 32.8. The molecule has 8 heterocycles. The number of hydrogen-bond acceptors (Lipinski definition) is 12. The predicted octanol–water partition coefficient (Wildman–Crippen LogP) is 5.26. The zero-order valence-corrected chi connectivity index (χ0v) is 29.1. The molecule has 1 spiro atoms. The van der Waals surface area contributed by atoms with Crippen LogP contribution in [0.25, 0.3) is 22.6 Å². The topological polar surface area (TPSA) is 155 Å². The Bertz CT molecular complexity index is 2040. The molecule has 0 unspecified atom stereocenters. The first-order valence-electron chi connectivity index (χ1n) is 18.3. The maximum atomic E-state index is 11.3. The summed E-state index contributed by atoms with van der Waals surface area (Å²) in [5.74, 6) is 2.68. The van der Waals surface area contributed by atoms with E-state index in [-0.39, 0.29) is 12.1 Å². The van der Waals surface area contributed by atoms with Crippen molar-refractivity contribution in [2.45, 2.75) is 126 Å². The van der Waals surface area contributed by atoms with Crippen LogP contribution in [-0.4, -0.2) is 78.3 Å². The van der Waals surface area contributed by atoms with Gasteiger partial charge >= 0.3 is 0 Å². The zero-order chi connectivity index (χ0) is 33.2. The fourth-order valence-corrected chi connectivity index (χ4v) is 11.7. The van der Waals surface area contributed by atoms with E-state index in [4.69, 9.17) is 35.2 Å². The number of hydrogen-bond donors (Lipinski definition) is 2. The van der Waals surface area contributed by atoms with Gasteiger partial charge in [-0.15, -0.1) is 16.4 Å². The van der Waals surface area contributed by atoms with Gasteiger partial charge in [0.05, 0.1) is 28.7 Å². The first kappa shape index (κ1) is 30.1. The number of nitrogen functional groups attached to an aromatic ring is 1. The van der Waals surface area contributed by atoms with Crippen molar-refractivity contribution >= 4 is 33.2 Å². The van der Waals surface area contributed by atoms with Gasteiger partial charge in [-0.2, -0.15) is 5.26 Å². The van der Waals surface area contributed by atoms with Gasteiger partial charge in [0, 0.05) is 29.1 Å². The van der Waals surface area contributed by atoms with E-state index in [1.54, 1.807) is 11.3 Å². The molecule has 4 aliphatic heterocycles. The van der Waals surface area contributed by atoms with Gasteiger partial charge in [0.1, 0.15) is 28.9 Å². The molecule has 256 valence electrons. The minimum Gasteiger partial charge on any atom is -0.474 e. The van der Waals surface area contributed by atoms with Crippen molar-refractivity contribution in [2.24, 2.45) is 0 Å². The van der Waals surface area contributed by atoms with Crippen LogP contribution in [0.1, 0.15) is 111 Å². The molecule has 0 saturated carbocycles. The van der Waals surface area contributed by atoms with E-state index in [1.807, 2.05) is 6.92 Å². The van der Waals surface area contributed by atoms with E-state index < -0.39 is 11.0 Å². The van der Waals surface area contributed by atoms with E-state index in [2.05, 4.69) is 27.5 Å². The van der Waals surface area contributed by atoms with E-state index in [0.29, 0.717) is 59.6 Å². The fraction of sp³-hybridized carbons (Fsp3) is 0.639. The second-order valence-electron chi connectivity index (χ2n) is 15.7. The van der Waals surface area contributed by atoms with Gasteiger partial charge in [0.2, 0.25) is 5.88 Å². The van der Waals surface area contributed by atoms with Gasteiger partial charge in [-0.05, 0) is 103 Å². The van der Waals surface area contributed by atoms with Crippen molar-refractivity contribution in [1.29, 1.82) is 5.26 Å². The van der Waals surface area contributed by atoms with Crippen LogP contribution in [0, 0.1) is 11.3 Å². The molecule has 3 saturated heterocycles. The SMILES string of the molecule is C[C@@H]([C@@H]1CC[C@@H]2CCCN21)n1nc2c3c(nc(-c4noc5c4CCC[C@@]54CCCc5sc(N)c(C#N)c54)nc31)N1C[C@](C)(O)CC[C@@H]1CO2. The Morgan fingerprint density at radius 3 is 2.80 bits per heavy atom. The third-order valence-corrected chi connectivity index (χ3v) is 13.9. The van der Waals surface area contributed by atoms with Crippen LogP contribution in [0.3, 0.4) is 0 Å². The van der Waals surface area contributed by atoms with Gasteiger partial charge in [-0.25, -0.2) is 14.6 Å². The molecule has 2 aliphatic carbocycles. The Balaban J connectivity index is 1.16. The average molecular weight is 682 g/mol. The molecule has 12 nitrogen and oxygen atoms in total. The summed E-state index contributed by atoms with van der Waals surface area (Å²) in [5.41, 5.74) is 9.23. The van der Waals surface area contributed by atoms with Crippen LogP contribution in [-0.2, 0) is 18.3 Å². The maximum Gasteiger partial charge on any atom is 0.246 e. The van der Waals surface area contributed by atoms with Gasteiger partial charge in [0.25, 0.3) is 0 Å². The molecule has 3 fully saturated rings. The van der Waals surface area contributed by atoms with Crippen LogP contribution in [0.5, 0.6) is 5.88 Å². The zero-order valence-electron chi connectivity index (χ0n) is 28.2. The molecule has 49 heavy (non-hydrogen) atoms. The second kappa shape index (κ2) is 10.6. The molecular weight excluding hydrogens is 639 g/mol. The fourth-order valence-electron chi connectivity index (χ4n) is 10.5. The van der Waals surface area contributed by atoms with E-state index in [0.717, 1.165) is 91.6 Å². The predicted molar refractivity (Wildman–Crippen MR) is 185 cm³/mol. The third-order valence-electron chi connectivity index (χ3n) is 12.8. The monoisotopic (exact) mass is 681 g/mol. The molecule has 0 amide bonds. The molecule has 4 aromatic heterocycles. The van der Waals surface area contributed by atoms with Gasteiger partial charge in [0.15, 0.2) is 22.9 Å². The van der Waals surface area contributed by atoms with E-state index >= 15 is 0 Å². The number of aryl methyl sites for hydroxylation is 1. The molecule has 0 aromatic carbocycles. The summed E-state index contributed by atoms with van der Waals surface area (Å²) in [6.07, 6.45) is 11.9. The van der Waals surface area contributed by atoms with Crippen LogP contribution in [0.4, 0.5) is 10.8 Å². The highest BCUT2D eigenvalue weighted by molar-refractivity contribution is 7.16. The van der Waals surface area contributed by atoms with Gasteiger partial charge < -0.3 is 25.0 Å².